The van der Waals surface area contributed by atoms with Crippen LogP contribution < -0.4 is 10.5 Å². The van der Waals surface area contributed by atoms with Gasteiger partial charge < -0.3 is 15.4 Å². The second-order valence-electron chi connectivity index (χ2n) is 8.19. The fraction of sp³-hybridized carbons (Fsp3) is 0.231. The van der Waals surface area contributed by atoms with Crippen LogP contribution >= 0.6 is 0 Å². The Morgan fingerprint density at radius 3 is 2.48 bits per heavy atom. The van der Waals surface area contributed by atoms with Gasteiger partial charge in [0.1, 0.15) is 5.75 Å². The van der Waals surface area contributed by atoms with E-state index in [1.54, 1.807) is 7.11 Å². The number of carbonyl (C=O) groups is 2. The highest BCUT2D eigenvalue weighted by molar-refractivity contribution is 6.01. The van der Waals surface area contributed by atoms with Crippen LogP contribution in [-0.2, 0) is 6.42 Å². The summed E-state index contributed by atoms with van der Waals surface area (Å²) < 4.78 is 5.35. The molecule has 1 heterocycles. The smallest absolute Gasteiger partial charge is 0.253 e. The molecular formula is C26H24N2O3. The molecule has 2 amide bonds. The number of nitrogens with two attached hydrogens (primary N) is 1. The highest BCUT2D eigenvalue weighted by Crippen LogP contribution is 2.42. The molecule has 1 aliphatic carbocycles. The number of nitrogens with zero attached hydrogens (tertiary/aromatic N) is 1. The maximum Gasteiger partial charge on any atom is 0.253 e. The molecule has 156 valence electrons. The summed E-state index contributed by atoms with van der Waals surface area (Å²) in [4.78, 5) is 27.1. The lowest BCUT2D eigenvalue weighted by Gasteiger charge is -2.15. The normalized spacial score (nSPS) is 14.3. The first kappa shape index (κ1) is 19.4. The van der Waals surface area contributed by atoms with E-state index in [1.807, 2.05) is 53.4 Å². The van der Waals surface area contributed by atoms with E-state index >= 15 is 0 Å². The summed E-state index contributed by atoms with van der Waals surface area (Å²) in [6.45, 7) is 1.65. The molecule has 1 aliphatic heterocycles. The number of likely N-dealkylation sites (tertiary alicyclic amines) is 1. The predicted molar refractivity (Wildman–Crippen MR) is 120 cm³/mol. The van der Waals surface area contributed by atoms with Crippen molar-refractivity contribution in [1.82, 2.24) is 4.90 Å². The summed E-state index contributed by atoms with van der Waals surface area (Å²) in [7, 11) is 1.63. The minimum atomic E-state index is -0.442. The van der Waals surface area contributed by atoms with Crippen molar-refractivity contribution in [2.45, 2.75) is 19.3 Å². The summed E-state index contributed by atoms with van der Waals surface area (Å²) in [5.74, 6) is 0.398. The summed E-state index contributed by atoms with van der Waals surface area (Å²) in [5.41, 5.74) is 12.9. The van der Waals surface area contributed by atoms with E-state index in [1.165, 1.54) is 0 Å². The zero-order valence-corrected chi connectivity index (χ0v) is 17.5. The molecular weight excluding hydrogens is 388 g/mol. The van der Waals surface area contributed by atoms with E-state index in [2.05, 4.69) is 6.07 Å². The van der Waals surface area contributed by atoms with Crippen LogP contribution in [0.1, 0.15) is 44.7 Å². The topological polar surface area (TPSA) is 72.6 Å². The average Bonchev–Trinajstić information content (AvgIpc) is 3.45. The van der Waals surface area contributed by atoms with E-state index in [4.69, 9.17) is 10.5 Å². The third-order valence-corrected chi connectivity index (χ3v) is 6.32. The minimum Gasteiger partial charge on any atom is -0.497 e. The Morgan fingerprint density at radius 1 is 0.935 bits per heavy atom. The molecule has 0 saturated carbocycles. The molecule has 0 atom stereocenters. The van der Waals surface area contributed by atoms with Gasteiger partial charge in [-0.1, -0.05) is 18.2 Å². The lowest BCUT2D eigenvalue weighted by Crippen LogP contribution is -2.27. The van der Waals surface area contributed by atoms with Crippen LogP contribution in [0, 0.1) is 0 Å². The van der Waals surface area contributed by atoms with Gasteiger partial charge in [-0.15, -0.1) is 0 Å². The lowest BCUT2D eigenvalue weighted by molar-refractivity contribution is 0.0792. The third kappa shape index (κ3) is 3.36. The molecule has 1 fully saturated rings. The molecule has 5 rings (SSSR count). The molecule has 0 aromatic heterocycles. The number of ether oxygens (including phenoxy) is 1. The number of methoxy groups -OCH3 is 1. The molecule has 5 nitrogen and oxygen atoms in total. The fourth-order valence-electron chi connectivity index (χ4n) is 4.72. The average molecular weight is 412 g/mol. The first-order valence-electron chi connectivity index (χ1n) is 10.6. The summed E-state index contributed by atoms with van der Waals surface area (Å²) in [6.07, 6.45) is 2.73. The van der Waals surface area contributed by atoms with E-state index in [0.717, 1.165) is 65.1 Å². The van der Waals surface area contributed by atoms with Crippen LogP contribution in [0.3, 0.4) is 0 Å². The zero-order chi connectivity index (χ0) is 21.5. The van der Waals surface area contributed by atoms with Crippen molar-refractivity contribution in [3.63, 3.8) is 0 Å². The molecule has 31 heavy (non-hydrogen) atoms. The molecule has 0 radical (unpaired) electrons. The minimum absolute atomic E-state index is 0.0865. The number of rotatable bonds is 4. The maximum atomic E-state index is 12.8. The molecule has 3 aromatic carbocycles. The lowest BCUT2D eigenvalue weighted by atomic mass is 9.94. The summed E-state index contributed by atoms with van der Waals surface area (Å²) in [5, 5.41) is 0. The van der Waals surface area contributed by atoms with Crippen LogP contribution in [-0.4, -0.2) is 36.9 Å². The number of benzene rings is 3. The Hall–Kier alpha value is -3.60. The SMILES string of the molecule is COc1cccc(-c2cc(C(N)=O)c3c(c2)-c2ccc(C(=O)N4CCCC4)cc2C3)c1. The number of hydrogen-bond donors (Lipinski definition) is 1. The number of fused-ring (bicyclic) bond motifs is 3. The van der Waals surface area contributed by atoms with Crippen molar-refractivity contribution in [3.05, 3.63) is 76.9 Å². The van der Waals surface area contributed by atoms with Crippen molar-refractivity contribution in [2.24, 2.45) is 5.73 Å². The Bertz CT molecular complexity index is 1210. The fourth-order valence-corrected chi connectivity index (χ4v) is 4.72. The van der Waals surface area contributed by atoms with Crippen LogP contribution in [0.2, 0.25) is 0 Å². The number of primary amides is 1. The van der Waals surface area contributed by atoms with Gasteiger partial charge in [-0.05, 0) is 89.0 Å². The van der Waals surface area contributed by atoms with E-state index in [0.29, 0.717) is 17.5 Å². The Morgan fingerprint density at radius 2 is 1.74 bits per heavy atom. The van der Waals surface area contributed by atoms with Crippen molar-refractivity contribution >= 4 is 11.8 Å². The van der Waals surface area contributed by atoms with Gasteiger partial charge >= 0.3 is 0 Å². The second-order valence-corrected chi connectivity index (χ2v) is 8.19. The van der Waals surface area contributed by atoms with Crippen molar-refractivity contribution < 1.29 is 14.3 Å². The number of hydrogen-bond acceptors (Lipinski definition) is 3. The molecule has 5 heteroatoms. The van der Waals surface area contributed by atoms with Crippen LogP contribution in [0.5, 0.6) is 5.75 Å². The van der Waals surface area contributed by atoms with Crippen LogP contribution in [0.25, 0.3) is 22.3 Å². The summed E-state index contributed by atoms with van der Waals surface area (Å²) >= 11 is 0. The third-order valence-electron chi connectivity index (χ3n) is 6.32. The first-order chi connectivity index (χ1) is 15.0. The van der Waals surface area contributed by atoms with Crippen LogP contribution in [0.15, 0.2) is 54.6 Å². The van der Waals surface area contributed by atoms with E-state index in [9.17, 15) is 9.59 Å². The van der Waals surface area contributed by atoms with Crippen LogP contribution in [0.4, 0.5) is 0 Å². The Kier molecular flexibility index (Phi) is 4.74. The number of amides is 2. The van der Waals surface area contributed by atoms with Gasteiger partial charge in [-0.25, -0.2) is 0 Å². The Labute approximate surface area is 181 Å². The standard InChI is InChI=1S/C26H24N2O3/c1-31-20-6-4-5-16(12-20)18-13-22-21-8-7-17(26(30)28-9-2-3-10-28)11-19(21)15-23(22)24(14-18)25(27)29/h4-8,11-14H,2-3,9-10,15H2,1H3,(H2,27,29). The summed E-state index contributed by atoms with van der Waals surface area (Å²) in [6, 6.07) is 17.6. The van der Waals surface area contributed by atoms with Gasteiger partial charge in [0.2, 0.25) is 5.91 Å². The van der Waals surface area contributed by atoms with Gasteiger partial charge in [-0.3, -0.25) is 9.59 Å². The van der Waals surface area contributed by atoms with Gasteiger partial charge in [0.15, 0.2) is 0 Å². The Balaban J connectivity index is 1.59. The molecule has 2 aliphatic rings. The maximum absolute atomic E-state index is 12.8. The molecule has 3 aromatic rings. The molecule has 0 spiro atoms. The predicted octanol–water partition coefficient (Wildman–Crippen LogP) is 4.27. The van der Waals surface area contributed by atoms with Gasteiger partial charge in [0.05, 0.1) is 7.11 Å². The molecule has 0 bridgehead atoms. The van der Waals surface area contributed by atoms with E-state index in [-0.39, 0.29) is 5.91 Å². The second kappa shape index (κ2) is 7.58. The largest absolute Gasteiger partial charge is 0.497 e. The number of carbonyl (C=O) groups excluding carboxylic acids is 2. The van der Waals surface area contributed by atoms with Gasteiger partial charge in [0.25, 0.3) is 5.91 Å². The van der Waals surface area contributed by atoms with Crippen molar-refractivity contribution in [3.8, 4) is 28.0 Å². The van der Waals surface area contributed by atoms with Crippen molar-refractivity contribution in [2.75, 3.05) is 20.2 Å². The zero-order valence-electron chi connectivity index (χ0n) is 17.5. The highest BCUT2D eigenvalue weighted by atomic mass is 16.5. The molecule has 0 unspecified atom stereocenters. The monoisotopic (exact) mass is 412 g/mol. The quantitative estimate of drug-likeness (QED) is 0.544. The molecule has 2 N–H and O–H groups in total. The van der Waals surface area contributed by atoms with Gasteiger partial charge in [0, 0.05) is 24.2 Å². The van der Waals surface area contributed by atoms with Crippen molar-refractivity contribution in [1.29, 1.82) is 0 Å². The van der Waals surface area contributed by atoms with E-state index < -0.39 is 5.91 Å². The first-order valence-corrected chi connectivity index (χ1v) is 10.6. The highest BCUT2D eigenvalue weighted by Gasteiger charge is 2.27. The molecule has 1 saturated heterocycles. The van der Waals surface area contributed by atoms with Gasteiger partial charge in [-0.2, -0.15) is 0 Å².